The number of amides is 1. The number of anilines is 1. The molecule has 6 heteroatoms. The first-order valence-corrected chi connectivity index (χ1v) is 11.1. The quantitative estimate of drug-likeness (QED) is 0.266. The smallest absolute Gasteiger partial charge is 0.340 e. The fourth-order valence-corrected chi connectivity index (χ4v) is 3.96. The van der Waals surface area contributed by atoms with Crippen LogP contribution in [0.15, 0.2) is 95.7 Å². The Labute approximate surface area is 204 Å². The van der Waals surface area contributed by atoms with Crippen molar-refractivity contribution < 1.29 is 23.9 Å². The Kier molecular flexibility index (Phi) is 6.92. The molecule has 6 nitrogen and oxygen atoms in total. The summed E-state index contributed by atoms with van der Waals surface area (Å²) in [7, 11) is 1.28. The molecule has 1 heterocycles. The minimum atomic E-state index is -0.608. The largest absolute Gasteiger partial charge is 0.489 e. The molecule has 3 aromatic carbocycles. The summed E-state index contributed by atoms with van der Waals surface area (Å²) in [4.78, 5) is 39.5. The van der Waals surface area contributed by atoms with E-state index < -0.39 is 5.97 Å². The summed E-state index contributed by atoms with van der Waals surface area (Å²) in [6, 6.07) is 23.9. The first-order chi connectivity index (χ1) is 16.9. The number of nitrogens with zero attached hydrogens (tertiary/aromatic N) is 1. The van der Waals surface area contributed by atoms with Crippen LogP contribution in [0.5, 0.6) is 5.75 Å². The van der Waals surface area contributed by atoms with Crippen LogP contribution < -0.4 is 9.64 Å². The third-order valence-corrected chi connectivity index (χ3v) is 5.72. The molecule has 1 aliphatic heterocycles. The third-order valence-electron chi connectivity index (χ3n) is 5.72. The lowest BCUT2D eigenvalue weighted by Gasteiger charge is -2.18. The summed E-state index contributed by atoms with van der Waals surface area (Å²) in [5.41, 5.74) is 3.55. The maximum Gasteiger partial charge on any atom is 0.340 e. The molecular formula is C29H25NO5. The Morgan fingerprint density at radius 3 is 2.40 bits per heavy atom. The summed E-state index contributed by atoms with van der Waals surface area (Å²) in [6.07, 6.45) is 1.66. The number of hydrogen-bond donors (Lipinski definition) is 0. The molecule has 35 heavy (non-hydrogen) atoms. The summed E-state index contributed by atoms with van der Waals surface area (Å²) in [5.74, 6) is -0.459. The average Bonchev–Trinajstić information content (AvgIpc) is 3.12. The highest BCUT2D eigenvalue weighted by atomic mass is 16.5. The van der Waals surface area contributed by atoms with Crippen LogP contribution in [0, 0.1) is 0 Å². The fourth-order valence-electron chi connectivity index (χ4n) is 3.96. The van der Waals surface area contributed by atoms with E-state index in [9.17, 15) is 14.4 Å². The summed E-state index contributed by atoms with van der Waals surface area (Å²) >= 11 is 0. The van der Waals surface area contributed by atoms with Crippen LogP contribution in [0.3, 0.4) is 0 Å². The molecule has 3 aromatic rings. The molecule has 0 N–H and O–H groups in total. The standard InChI is InChI=1S/C29H25NO5/c1-19-27(29(33)34-3)26(28(32)30(19)24-13-8-12-23(17-24)20(2)31)16-22-11-7-14-25(15-22)35-18-21-9-5-4-6-10-21/h4-17H,18H2,1-3H3/b26-16-. The lowest BCUT2D eigenvalue weighted by atomic mass is 10.0. The van der Waals surface area contributed by atoms with Gasteiger partial charge in [0.25, 0.3) is 5.91 Å². The second kappa shape index (κ2) is 10.2. The van der Waals surface area contributed by atoms with E-state index in [1.54, 1.807) is 37.3 Å². The van der Waals surface area contributed by atoms with Crippen molar-refractivity contribution in [2.24, 2.45) is 0 Å². The normalized spacial score (nSPS) is 14.4. The van der Waals surface area contributed by atoms with Gasteiger partial charge in [-0.2, -0.15) is 0 Å². The molecule has 0 aromatic heterocycles. The molecule has 0 atom stereocenters. The van der Waals surface area contributed by atoms with E-state index in [0.717, 1.165) is 5.56 Å². The number of esters is 1. The van der Waals surface area contributed by atoms with Gasteiger partial charge in [-0.25, -0.2) is 4.79 Å². The Hall–Kier alpha value is -4.45. The lowest BCUT2D eigenvalue weighted by molar-refractivity contribution is -0.136. The van der Waals surface area contributed by atoms with Gasteiger partial charge >= 0.3 is 5.97 Å². The Morgan fingerprint density at radius 2 is 1.69 bits per heavy atom. The van der Waals surface area contributed by atoms with Crippen molar-refractivity contribution >= 4 is 29.4 Å². The van der Waals surface area contributed by atoms with Crippen LogP contribution in [0.2, 0.25) is 0 Å². The van der Waals surface area contributed by atoms with E-state index in [1.165, 1.54) is 18.9 Å². The molecule has 0 radical (unpaired) electrons. The van der Waals surface area contributed by atoms with Gasteiger partial charge in [0.2, 0.25) is 0 Å². The Bertz CT molecular complexity index is 1350. The van der Waals surface area contributed by atoms with Gasteiger partial charge in [-0.15, -0.1) is 0 Å². The zero-order valence-electron chi connectivity index (χ0n) is 19.8. The maximum atomic E-state index is 13.5. The number of allylic oxidation sites excluding steroid dienone is 1. The van der Waals surface area contributed by atoms with E-state index in [1.807, 2.05) is 54.6 Å². The van der Waals surface area contributed by atoms with Crippen LogP contribution in [0.4, 0.5) is 5.69 Å². The fraction of sp³-hybridized carbons (Fsp3) is 0.138. The minimum absolute atomic E-state index is 0.114. The van der Waals surface area contributed by atoms with Gasteiger partial charge in [-0.3, -0.25) is 14.5 Å². The number of carbonyl (C=O) groups is 3. The highest BCUT2D eigenvalue weighted by Crippen LogP contribution is 2.36. The molecule has 0 unspecified atom stereocenters. The Balaban J connectivity index is 1.69. The zero-order valence-corrected chi connectivity index (χ0v) is 19.8. The molecule has 1 amide bonds. The molecule has 0 bridgehead atoms. The summed E-state index contributed by atoms with van der Waals surface area (Å²) < 4.78 is 10.9. The first kappa shape index (κ1) is 23.7. The minimum Gasteiger partial charge on any atom is -0.489 e. The molecule has 0 fully saturated rings. The van der Waals surface area contributed by atoms with Crippen molar-refractivity contribution in [3.05, 3.63) is 112 Å². The molecule has 0 saturated heterocycles. The van der Waals surface area contributed by atoms with Gasteiger partial charge in [0, 0.05) is 16.9 Å². The number of benzene rings is 3. The molecule has 1 aliphatic rings. The van der Waals surface area contributed by atoms with Crippen LogP contribution >= 0.6 is 0 Å². The number of hydrogen-bond acceptors (Lipinski definition) is 5. The zero-order chi connectivity index (χ0) is 24.9. The molecule has 0 aliphatic carbocycles. The van der Waals surface area contributed by atoms with Gasteiger partial charge in [0.05, 0.1) is 18.3 Å². The number of rotatable bonds is 7. The van der Waals surface area contributed by atoms with Crippen molar-refractivity contribution in [3.63, 3.8) is 0 Å². The molecular weight excluding hydrogens is 442 g/mol. The summed E-state index contributed by atoms with van der Waals surface area (Å²) in [6.45, 7) is 3.56. The van der Waals surface area contributed by atoms with Crippen molar-refractivity contribution in [2.45, 2.75) is 20.5 Å². The number of carbonyl (C=O) groups excluding carboxylic acids is 3. The van der Waals surface area contributed by atoms with Crippen LogP contribution in [0.1, 0.15) is 35.3 Å². The van der Waals surface area contributed by atoms with Crippen molar-refractivity contribution in [3.8, 4) is 5.75 Å². The molecule has 4 rings (SSSR count). The molecule has 0 spiro atoms. The van der Waals surface area contributed by atoms with Crippen LogP contribution in [-0.4, -0.2) is 24.8 Å². The average molecular weight is 468 g/mol. The van der Waals surface area contributed by atoms with E-state index in [2.05, 4.69) is 0 Å². The van der Waals surface area contributed by atoms with E-state index >= 15 is 0 Å². The predicted octanol–water partition coefficient (Wildman–Crippen LogP) is 5.35. The van der Waals surface area contributed by atoms with Crippen molar-refractivity contribution in [1.29, 1.82) is 0 Å². The second-order valence-corrected chi connectivity index (χ2v) is 8.10. The van der Waals surface area contributed by atoms with Gasteiger partial charge < -0.3 is 9.47 Å². The van der Waals surface area contributed by atoms with Gasteiger partial charge in [-0.05, 0) is 55.3 Å². The Morgan fingerprint density at radius 1 is 0.943 bits per heavy atom. The lowest BCUT2D eigenvalue weighted by Crippen LogP contribution is -2.24. The van der Waals surface area contributed by atoms with Crippen molar-refractivity contribution in [1.82, 2.24) is 0 Å². The van der Waals surface area contributed by atoms with Gasteiger partial charge in [0.1, 0.15) is 12.4 Å². The summed E-state index contributed by atoms with van der Waals surface area (Å²) in [5, 5.41) is 0. The molecule has 176 valence electrons. The highest BCUT2D eigenvalue weighted by molar-refractivity contribution is 6.24. The number of Topliss-reactive ketones (excluding diaryl/α,β-unsaturated/α-hetero) is 1. The van der Waals surface area contributed by atoms with E-state index in [4.69, 9.17) is 9.47 Å². The first-order valence-electron chi connectivity index (χ1n) is 11.1. The van der Waals surface area contributed by atoms with Crippen LogP contribution in [-0.2, 0) is 20.9 Å². The number of methoxy groups -OCH3 is 1. The SMILES string of the molecule is COC(=O)C1=C(C)N(c2cccc(C(C)=O)c2)C(=O)/C1=C\c1cccc(OCc2ccccc2)c1. The molecule has 0 saturated carbocycles. The highest BCUT2D eigenvalue weighted by Gasteiger charge is 2.38. The predicted molar refractivity (Wildman–Crippen MR) is 134 cm³/mol. The van der Waals surface area contributed by atoms with Crippen molar-refractivity contribution in [2.75, 3.05) is 12.0 Å². The monoisotopic (exact) mass is 467 g/mol. The van der Waals surface area contributed by atoms with E-state index in [-0.39, 0.29) is 22.8 Å². The topological polar surface area (TPSA) is 72.9 Å². The maximum absolute atomic E-state index is 13.5. The number of ether oxygens (including phenoxy) is 2. The van der Waals surface area contributed by atoms with Gasteiger partial charge in [0.15, 0.2) is 5.78 Å². The third kappa shape index (κ3) is 5.06. The van der Waals surface area contributed by atoms with E-state index in [0.29, 0.717) is 34.9 Å². The van der Waals surface area contributed by atoms with Gasteiger partial charge in [-0.1, -0.05) is 54.6 Å². The van der Waals surface area contributed by atoms with Crippen LogP contribution in [0.25, 0.3) is 6.08 Å². The number of ketones is 1. The second-order valence-electron chi connectivity index (χ2n) is 8.10.